The van der Waals surface area contributed by atoms with E-state index in [9.17, 15) is 9.18 Å². The fourth-order valence-corrected chi connectivity index (χ4v) is 2.00. The quantitative estimate of drug-likeness (QED) is 0.886. The average Bonchev–Trinajstić information content (AvgIpc) is 2.41. The number of amides is 1. The van der Waals surface area contributed by atoms with Gasteiger partial charge >= 0.3 is 6.09 Å². The molecule has 0 spiro atoms. The first-order valence-corrected chi connectivity index (χ1v) is 5.89. The van der Waals surface area contributed by atoms with Gasteiger partial charge in [0.15, 0.2) is 6.17 Å². The number of rotatable bonds is 2. The SMILES string of the molecule is N#Cc1cccc(O[C@@H]2CCN(C(=O)O)C[C@@H]2F)c1. The molecule has 0 aliphatic carbocycles. The van der Waals surface area contributed by atoms with Crippen LogP contribution in [-0.2, 0) is 0 Å². The molecular formula is C13H13FN2O3. The van der Waals surface area contributed by atoms with Gasteiger partial charge in [-0.3, -0.25) is 0 Å². The standard InChI is InChI=1S/C13H13FN2O3/c14-11-8-16(13(17)18)5-4-12(11)19-10-3-1-2-9(6-10)7-15/h1-3,6,11-12H,4-5,8H2,(H,17,18)/t11-,12+/m0/s1. The zero-order chi connectivity index (χ0) is 13.8. The zero-order valence-corrected chi connectivity index (χ0v) is 10.1. The Kier molecular flexibility index (Phi) is 3.85. The van der Waals surface area contributed by atoms with Crippen LogP contribution in [0.1, 0.15) is 12.0 Å². The van der Waals surface area contributed by atoms with Crippen LogP contribution < -0.4 is 4.74 Å². The van der Waals surface area contributed by atoms with E-state index in [1.807, 2.05) is 6.07 Å². The number of piperidine rings is 1. The molecule has 2 rings (SSSR count). The summed E-state index contributed by atoms with van der Waals surface area (Å²) in [5, 5.41) is 17.5. The molecule has 0 bridgehead atoms. The van der Waals surface area contributed by atoms with E-state index in [1.54, 1.807) is 18.2 Å². The maximum absolute atomic E-state index is 13.8. The first-order chi connectivity index (χ1) is 9.10. The van der Waals surface area contributed by atoms with E-state index in [-0.39, 0.29) is 13.1 Å². The number of carboxylic acid groups (broad SMARTS) is 1. The van der Waals surface area contributed by atoms with Gasteiger partial charge in [-0.05, 0) is 18.2 Å². The van der Waals surface area contributed by atoms with Crippen LogP contribution in [0, 0.1) is 11.3 Å². The van der Waals surface area contributed by atoms with Crippen LogP contribution in [0.5, 0.6) is 5.75 Å². The molecule has 0 saturated carbocycles. The number of hydrogen-bond donors (Lipinski definition) is 1. The largest absolute Gasteiger partial charge is 0.487 e. The van der Waals surface area contributed by atoms with Crippen molar-refractivity contribution in [3.8, 4) is 11.8 Å². The van der Waals surface area contributed by atoms with Crippen LogP contribution in [0.4, 0.5) is 9.18 Å². The number of nitriles is 1. The lowest BCUT2D eigenvalue weighted by Gasteiger charge is -2.33. The molecule has 1 amide bonds. The van der Waals surface area contributed by atoms with Crippen molar-refractivity contribution in [2.45, 2.75) is 18.7 Å². The molecule has 1 aromatic rings. The Morgan fingerprint density at radius 2 is 2.37 bits per heavy atom. The second-order valence-corrected chi connectivity index (χ2v) is 4.33. The highest BCUT2D eigenvalue weighted by atomic mass is 19.1. The highest BCUT2D eigenvalue weighted by molar-refractivity contribution is 5.65. The van der Waals surface area contributed by atoms with Gasteiger partial charge in [0.05, 0.1) is 18.2 Å². The molecule has 1 aliphatic rings. The number of carbonyl (C=O) groups is 1. The molecule has 2 atom stereocenters. The molecule has 0 aromatic heterocycles. The van der Waals surface area contributed by atoms with Gasteiger partial charge in [-0.15, -0.1) is 0 Å². The monoisotopic (exact) mass is 264 g/mol. The maximum atomic E-state index is 13.8. The number of ether oxygens (including phenoxy) is 1. The Balaban J connectivity index is 2.00. The summed E-state index contributed by atoms with van der Waals surface area (Å²) in [6, 6.07) is 8.46. The summed E-state index contributed by atoms with van der Waals surface area (Å²) in [5.74, 6) is 0.426. The van der Waals surface area contributed by atoms with E-state index in [4.69, 9.17) is 15.1 Å². The zero-order valence-electron chi connectivity index (χ0n) is 10.1. The summed E-state index contributed by atoms with van der Waals surface area (Å²) in [7, 11) is 0. The molecule has 1 aliphatic heterocycles. The second-order valence-electron chi connectivity index (χ2n) is 4.33. The van der Waals surface area contributed by atoms with Crippen molar-refractivity contribution in [2.75, 3.05) is 13.1 Å². The summed E-state index contributed by atoms with van der Waals surface area (Å²) >= 11 is 0. The van der Waals surface area contributed by atoms with E-state index < -0.39 is 18.4 Å². The third-order valence-corrected chi connectivity index (χ3v) is 3.00. The van der Waals surface area contributed by atoms with Crippen molar-refractivity contribution < 1.29 is 19.0 Å². The van der Waals surface area contributed by atoms with Crippen LogP contribution in [-0.4, -0.2) is 41.5 Å². The van der Waals surface area contributed by atoms with Crippen molar-refractivity contribution in [3.05, 3.63) is 29.8 Å². The van der Waals surface area contributed by atoms with Crippen LogP contribution in [0.25, 0.3) is 0 Å². The summed E-state index contributed by atoms with van der Waals surface area (Å²) in [5.41, 5.74) is 0.441. The lowest BCUT2D eigenvalue weighted by Crippen LogP contribution is -2.48. The van der Waals surface area contributed by atoms with Crippen LogP contribution in [0.3, 0.4) is 0 Å². The molecule has 1 saturated heterocycles. The molecule has 1 N–H and O–H groups in total. The van der Waals surface area contributed by atoms with Crippen molar-refractivity contribution in [2.24, 2.45) is 0 Å². The van der Waals surface area contributed by atoms with Crippen molar-refractivity contribution in [1.29, 1.82) is 5.26 Å². The minimum atomic E-state index is -1.37. The van der Waals surface area contributed by atoms with Crippen LogP contribution in [0.2, 0.25) is 0 Å². The molecule has 5 nitrogen and oxygen atoms in total. The first-order valence-electron chi connectivity index (χ1n) is 5.89. The molecule has 0 unspecified atom stereocenters. The smallest absolute Gasteiger partial charge is 0.407 e. The molecular weight excluding hydrogens is 251 g/mol. The maximum Gasteiger partial charge on any atom is 0.407 e. The molecule has 6 heteroatoms. The lowest BCUT2D eigenvalue weighted by atomic mass is 10.1. The summed E-state index contributed by atoms with van der Waals surface area (Å²) in [6.45, 7) is 0.0658. The van der Waals surface area contributed by atoms with Crippen LogP contribution in [0.15, 0.2) is 24.3 Å². The topological polar surface area (TPSA) is 73.6 Å². The minimum Gasteiger partial charge on any atom is -0.487 e. The van der Waals surface area contributed by atoms with Gasteiger partial charge in [-0.1, -0.05) is 6.07 Å². The van der Waals surface area contributed by atoms with Gasteiger partial charge < -0.3 is 14.7 Å². The molecule has 0 radical (unpaired) electrons. The number of benzene rings is 1. The van der Waals surface area contributed by atoms with Gasteiger partial charge in [-0.25, -0.2) is 9.18 Å². The summed E-state index contributed by atoms with van der Waals surface area (Å²) < 4.78 is 19.3. The third kappa shape index (κ3) is 3.13. The fraction of sp³-hybridized carbons (Fsp3) is 0.385. The van der Waals surface area contributed by atoms with E-state index in [2.05, 4.69) is 0 Å². The van der Waals surface area contributed by atoms with E-state index >= 15 is 0 Å². The van der Waals surface area contributed by atoms with Gasteiger partial charge in [-0.2, -0.15) is 5.26 Å². The normalized spacial score (nSPS) is 22.6. The molecule has 19 heavy (non-hydrogen) atoms. The van der Waals surface area contributed by atoms with Crippen molar-refractivity contribution in [1.82, 2.24) is 4.90 Å². The number of halogens is 1. The van der Waals surface area contributed by atoms with Gasteiger partial charge in [0.1, 0.15) is 11.9 Å². The third-order valence-electron chi connectivity index (χ3n) is 3.00. The Labute approximate surface area is 109 Å². The molecule has 1 heterocycles. The van der Waals surface area contributed by atoms with E-state index in [1.165, 1.54) is 6.07 Å². The summed E-state index contributed by atoms with van der Waals surface area (Å²) in [6.07, 6.45) is -2.86. The minimum absolute atomic E-state index is 0.183. The van der Waals surface area contributed by atoms with Gasteiger partial charge in [0, 0.05) is 13.0 Å². The van der Waals surface area contributed by atoms with Crippen LogP contribution >= 0.6 is 0 Å². The Morgan fingerprint density at radius 1 is 1.58 bits per heavy atom. The Morgan fingerprint density at radius 3 is 3.00 bits per heavy atom. The van der Waals surface area contributed by atoms with Gasteiger partial charge in [0.25, 0.3) is 0 Å². The van der Waals surface area contributed by atoms with E-state index in [0.717, 1.165) is 4.90 Å². The van der Waals surface area contributed by atoms with Gasteiger partial charge in [0.2, 0.25) is 0 Å². The highest BCUT2D eigenvalue weighted by Gasteiger charge is 2.32. The number of alkyl halides is 1. The summed E-state index contributed by atoms with van der Waals surface area (Å²) in [4.78, 5) is 11.8. The molecule has 100 valence electrons. The average molecular weight is 264 g/mol. The predicted octanol–water partition coefficient (Wildman–Crippen LogP) is 2.03. The number of likely N-dealkylation sites (tertiary alicyclic amines) is 1. The second kappa shape index (κ2) is 5.57. The van der Waals surface area contributed by atoms with Crippen molar-refractivity contribution >= 4 is 6.09 Å². The fourth-order valence-electron chi connectivity index (χ4n) is 2.00. The highest BCUT2D eigenvalue weighted by Crippen LogP contribution is 2.22. The molecule has 1 fully saturated rings. The Bertz CT molecular complexity index is 515. The van der Waals surface area contributed by atoms with E-state index in [0.29, 0.717) is 17.7 Å². The lowest BCUT2D eigenvalue weighted by molar-refractivity contribution is 0.0249. The Hall–Kier alpha value is -2.29. The van der Waals surface area contributed by atoms with Crippen molar-refractivity contribution in [3.63, 3.8) is 0 Å². The number of hydrogen-bond acceptors (Lipinski definition) is 3. The predicted molar refractivity (Wildman–Crippen MR) is 64.7 cm³/mol. The number of nitrogens with zero attached hydrogens (tertiary/aromatic N) is 2. The molecule has 1 aromatic carbocycles. The first kappa shape index (κ1) is 13.1.